The minimum atomic E-state index is -0.586. The van der Waals surface area contributed by atoms with Crippen molar-refractivity contribution < 1.29 is 14.7 Å². The number of nitrogens with one attached hydrogen (secondary N) is 2. The van der Waals surface area contributed by atoms with Gasteiger partial charge in [0.15, 0.2) is 0 Å². The van der Waals surface area contributed by atoms with Gasteiger partial charge in [0.25, 0.3) is 0 Å². The normalized spacial score (nSPS) is 11.9. The van der Waals surface area contributed by atoms with E-state index < -0.39 is 18.6 Å². The van der Waals surface area contributed by atoms with E-state index in [2.05, 4.69) is 10.6 Å². The number of aliphatic hydroxyl groups excluding tert-OH is 1. The van der Waals surface area contributed by atoms with E-state index in [1.165, 1.54) is 7.05 Å². The SMILES string of the molecule is CCC[C@H](NC(=O)CO)C(=O)NC. The van der Waals surface area contributed by atoms with E-state index >= 15 is 0 Å². The third kappa shape index (κ3) is 4.47. The van der Waals surface area contributed by atoms with Crippen LogP contribution in [0.3, 0.4) is 0 Å². The van der Waals surface area contributed by atoms with Gasteiger partial charge in [0, 0.05) is 7.05 Å². The molecule has 0 spiro atoms. The monoisotopic (exact) mass is 188 g/mol. The number of aliphatic hydroxyl groups is 1. The largest absolute Gasteiger partial charge is 0.387 e. The Morgan fingerprint density at radius 2 is 2.08 bits per heavy atom. The smallest absolute Gasteiger partial charge is 0.246 e. The Hall–Kier alpha value is -1.10. The van der Waals surface area contributed by atoms with Gasteiger partial charge in [0.2, 0.25) is 11.8 Å². The molecule has 13 heavy (non-hydrogen) atoms. The highest BCUT2D eigenvalue weighted by molar-refractivity contribution is 5.87. The first-order valence-corrected chi connectivity index (χ1v) is 4.27. The van der Waals surface area contributed by atoms with Gasteiger partial charge in [-0.05, 0) is 6.42 Å². The molecular formula is C8H16N2O3. The topological polar surface area (TPSA) is 78.4 Å². The summed E-state index contributed by atoms with van der Waals surface area (Å²) in [6.45, 7) is 1.33. The van der Waals surface area contributed by atoms with Gasteiger partial charge in [-0.15, -0.1) is 0 Å². The van der Waals surface area contributed by atoms with Crippen molar-refractivity contribution in [1.82, 2.24) is 10.6 Å². The Morgan fingerprint density at radius 1 is 1.46 bits per heavy atom. The summed E-state index contributed by atoms with van der Waals surface area (Å²) in [7, 11) is 1.51. The summed E-state index contributed by atoms with van der Waals surface area (Å²) in [5.41, 5.74) is 0. The number of hydrogen-bond acceptors (Lipinski definition) is 3. The van der Waals surface area contributed by atoms with Gasteiger partial charge in [-0.2, -0.15) is 0 Å². The molecule has 0 aromatic rings. The third-order valence-corrected chi connectivity index (χ3v) is 1.62. The molecular weight excluding hydrogens is 172 g/mol. The molecule has 5 heteroatoms. The molecule has 0 radical (unpaired) electrons. The quantitative estimate of drug-likeness (QED) is 0.518. The Morgan fingerprint density at radius 3 is 2.46 bits per heavy atom. The maximum atomic E-state index is 11.1. The van der Waals surface area contributed by atoms with Gasteiger partial charge in [-0.1, -0.05) is 13.3 Å². The van der Waals surface area contributed by atoms with Gasteiger partial charge in [0.05, 0.1) is 0 Å². The predicted octanol–water partition coefficient (Wildman–Crippen LogP) is -0.990. The molecule has 0 fully saturated rings. The molecule has 0 bridgehead atoms. The summed E-state index contributed by atoms with van der Waals surface area (Å²) in [6.07, 6.45) is 1.37. The number of carbonyl (C=O) groups is 2. The van der Waals surface area contributed by atoms with Crippen LogP contribution < -0.4 is 10.6 Å². The fourth-order valence-corrected chi connectivity index (χ4v) is 0.972. The molecule has 0 saturated carbocycles. The summed E-state index contributed by atoms with van der Waals surface area (Å²) in [5, 5.41) is 13.3. The molecule has 0 aliphatic heterocycles. The molecule has 0 rings (SSSR count). The number of amides is 2. The van der Waals surface area contributed by atoms with Crippen LogP contribution in [0.1, 0.15) is 19.8 Å². The van der Waals surface area contributed by atoms with Crippen LogP contribution in [0.25, 0.3) is 0 Å². The molecule has 0 aromatic heterocycles. The first kappa shape index (κ1) is 11.9. The van der Waals surface area contributed by atoms with Gasteiger partial charge in [-0.3, -0.25) is 9.59 Å². The first-order chi connectivity index (χ1) is 6.15. The van der Waals surface area contributed by atoms with Crippen LogP contribution in [0.15, 0.2) is 0 Å². The minimum Gasteiger partial charge on any atom is -0.387 e. The predicted molar refractivity (Wildman–Crippen MR) is 48.0 cm³/mol. The van der Waals surface area contributed by atoms with Crippen molar-refractivity contribution in [2.24, 2.45) is 0 Å². The van der Waals surface area contributed by atoms with Crippen LogP contribution >= 0.6 is 0 Å². The van der Waals surface area contributed by atoms with Crippen LogP contribution in [-0.2, 0) is 9.59 Å². The van der Waals surface area contributed by atoms with E-state index in [-0.39, 0.29) is 5.91 Å². The highest BCUT2D eigenvalue weighted by Crippen LogP contribution is 1.96. The zero-order chi connectivity index (χ0) is 10.3. The number of likely N-dealkylation sites (N-methyl/N-ethyl adjacent to an activating group) is 1. The Labute approximate surface area is 77.5 Å². The first-order valence-electron chi connectivity index (χ1n) is 4.27. The Balaban J connectivity index is 4.08. The highest BCUT2D eigenvalue weighted by atomic mass is 16.3. The summed E-state index contributed by atoms with van der Waals surface area (Å²) >= 11 is 0. The number of rotatable bonds is 5. The lowest BCUT2D eigenvalue weighted by Gasteiger charge is -2.15. The molecule has 2 amide bonds. The Kier molecular flexibility index (Phi) is 5.88. The maximum absolute atomic E-state index is 11.1. The standard InChI is InChI=1S/C8H16N2O3/c1-3-4-6(8(13)9-2)10-7(12)5-11/h6,11H,3-5H2,1-2H3,(H,9,13)(H,10,12)/t6-/m0/s1. The molecule has 0 saturated heterocycles. The highest BCUT2D eigenvalue weighted by Gasteiger charge is 2.17. The van der Waals surface area contributed by atoms with E-state index in [4.69, 9.17) is 5.11 Å². The fraction of sp³-hybridized carbons (Fsp3) is 0.750. The Bertz CT molecular complexity index is 182. The van der Waals surface area contributed by atoms with Crippen molar-refractivity contribution in [1.29, 1.82) is 0 Å². The molecule has 0 unspecified atom stereocenters. The van der Waals surface area contributed by atoms with E-state index in [1.807, 2.05) is 6.92 Å². The summed E-state index contributed by atoms with van der Waals surface area (Å²) in [5.74, 6) is -0.759. The van der Waals surface area contributed by atoms with Gasteiger partial charge in [0.1, 0.15) is 12.6 Å². The second-order valence-electron chi connectivity index (χ2n) is 2.68. The molecule has 1 atom stereocenters. The minimum absolute atomic E-state index is 0.233. The van der Waals surface area contributed by atoms with Crippen LogP contribution in [0, 0.1) is 0 Å². The lowest BCUT2D eigenvalue weighted by molar-refractivity contribution is -0.130. The molecule has 0 aliphatic carbocycles. The molecule has 0 aliphatic rings. The average molecular weight is 188 g/mol. The molecule has 3 N–H and O–H groups in total. The average Bonchev–Trinajstić information content (AvgIpc) is 2.15. The maximum Gasteiger partial charge on any atom is 0.246 e. The van der Waals surface area contributed by atoms with E-state index in [0.717, 1.165) is 6.42 Å². The van der Waals surface area contributed by atoms with Crippen molar-refractivity contribution >= 4 is 11.8 Å². The van der Waals surface area contributed by atoms with Crippen molar-refractivity contribution in [3.05, 3.63) is 0 Å². The summed E-state index contributed by atoms with van der Waals surface area (Å²) in [4.78, 5) is 21.9. The van der Waals surface area contributed by atoms with Crippen LogP contribution in [0.2, 0.25) is 0 Å². The zero-order valence-corrected chi connectivity index (χ0v) is 7.96. The van der Waals surface area contributed by atoms with Crippen LogP contribution in [0.4, 0.5) is 0 Å². The van der Waals surface area contributed by atoms with Crippen molar-refractivity contribution in [2.45, 2.75) is 25.8 Å². The number of hydrogen-bond donors (Lipinski definition) is 3. The van der Waals surface area contributed by atoms with Crippen molar-refractivity contribution in [2.75, 3.05) is 13.7 Å². The van der Waals surface area contributed by atoms with Gasteiger partial charge in [-0.25, -0.2) is 0 Å². The number of carbonyl (C=O) groups excluding carboxylic acids is 2. The van der Waals surface area contributed by atoms with Crippen LogP contribution in [0.5, 0.6) is 0 Å². The van der Waals surface area contributed by atoms with Crippen molar-refractivity contribution in [3.63, 3.8) is 0 Å². The second kappa shape index (κ2) is 6.42. The van der Waals surface area contributed by atoms with Gasteiger partial charge >= 0.3 is 0 Å². The van der Waals surface area contributed by atoms with Crippen molar-refractivity contribution in [3.8, 4) is 0 Å². The summed E-state index contributed by atoms with van der Waals surface area (Å²) < 4.78 is 0. The van der Waals surface area contributed by atoms with E-state index in [0.29, 0.717) is 6.42 Å². The van der Waals surface area contributed by atoms with E-state index in [9.17, 15) is 9.59 Å². The molecule has 0 heterocycles. The second-order valence-corrected chi connectivity index (χ2v) is 2.68. The lowest BCUT2D eigenvalue weighted by atomic mass is 10.1. The molecule has 5 nitrogen and oxygen atoms in total. The lowest BCUT2D eigenvalue weighted by Crippen LogP contribution is -2.46. The third-order valence-electron chi connectivity index (χ3n) is 1.62. The van der Waals surface area contributed by atoms with Gasteiger partial charge < -0.3 is 15.7 Å². The molecule has 0 aromatic carbocycles. The molecule has 76 valence electrons. The van der Waals surface area contributed by atoms with E-state index in [1.54, 1.807) is 0 Å². The summed E-state index contributed by atoms with van der Waals surface area (Å²) in [6, 6.07) is -0.533. The fourth-order valence-electron chi connectivity index (χ4n) is 0.972. The zero-order valence-electron chi connectivity index (χ0n) is 7.96. The van der Waals surface area contributed by atoms with Crippen LogP contribution in [-0.4, -0.2) is 36.6 Å².